The molecule has 1 aliphatic rings. The van der Waals surface area contributed by atoms with Crippen LogP contribution in [0.25, 0.3) is 0 Å². The molecule has 0 bridgehead atoms. The van der Waals surface area contributed by atoms with Crippen molar-refractivity contribution in [2.24, 2.45) is 5.73 Å². The average molecular weight is 281 g/mol. The molecule has 1 aromatic rings. The Kier molecular flexibility index (Phi) is 5.11. The van der Waals surface area contributed by atoms with Crippen LogP contribution in [-0.2, 0) is 0 Å². The summed E-state index contributed by atoms with van der Waals surface area (Å²) in [7, 11) is 0. The topological polar surface area (TPSA) is 55.0 Å². The number of halogens is 2. The Bertz CT molecular complexity index is 363. The Labute approximate surface area is 110 Å². The number of thioether (sulfide) groups is 1. The molecule has 2 rings (SSSR count). The molecule has 0 aromatic carbocycles. The fraction of sp³-hybridized carbons (Fsp3) is 0.556. The lowest BCUT2D eigenvalue weighted by Crippen LogP contribution is -2.27. The molecule has 4 nitrogen and oxygen atoms in total. The maximum absolute atomic E-state index is 5.92. The Balaban J connectivity index is 0.00000128. The fourth-order valence-electron chi connectivity index (χ4n) is 1.63. The quantitative estimate of drug-likeness (QED) is 0.509. The summed E-state index contributed by atoms with van der Waals surface area (Å²) in [6.07, 6.45) is 2.95. The highest BCUT2D eigenvalue weighted by Crippen LogP contribution is 2.22. The first-order valence-electron chi connectivity index (χ1n) is 4.78. The Morgan fingerprint density at radius 3 is 2.88 bits per heavy atom. The SMILES string of the molecule is CSc1nc(Cl)cc(N2CCC(N)C2)n1.Cl. The van der Waals surface area contributed by atoms with E-state index < -0.39 is 0 Å². The van der Waals surface area contributed by atoms with Gasteiger partial charge in [0.15, 0.2) is 5.16 Å². The van der Waals surface area contributed by atoms with Crippen LogP contribution in [0, 0.1) is 0 Å². The highest BCUT2D eigenvalue weighted by Gasteiger charge is 2.21. The van der Waals surface area contributed by atoms with Crippen molar-refractivity contribution in [3.05, 3.63) is 11.2 Å². The molecule has 0 spiro atoms. The predicted molar refractivity (Wildman–Crippen MR) is 70.9 cm³/mol. The standard InChI is InChI=1S/C9H13ClN4S.ClH/c1-15-9-12-7(10)4-8(13-9)14-3-2-6(11)5-14;/h4,6H,2-3,5,11H2,1H3;1H. The lowest BCUT2D eigenvalue weighted by molar-refractivity contribution is 0.750. The maximum atomic E-state index is 5.92. The molecule has 0 radical (unpaired) electrons. The summed E-state index contributed by atoms with van der Waals surface area (Å²) in [5.74, 6) is 0.882. The number of anilines is 1. The minimum Gasteiger partial charge on any atom is -0.355 e. The number of hydrogen-bond donors (Lipinski definition) is 1. The third-order valence-corrected chi connectivity index (χ3v) is 3.13. The van der Waals surface area contributed by atoms with Crippen LogP contribution in [0.2, 0.25) is 5.15 Å². The molecular weight excluding hydrogens is 267 g/mol. The smallest absolute Gasteiger partial charge is 0.190 e. The monoisotopic (exact) mass is 280 g/mol. The van der Waals surface area contributed by atoms with Gasteiger partial charge < -0.3 is 10.6 Å². The van der Waals surface area contributed by atoms with Gasteiger partial charge in [0.1, 0.15) is 11.0 Å². The van der Waals surface area contributed by atoms with E-state index >= 15 is 0 Å². The summed E-state index contributed by atoms with van der Waals surface area (Å²) in [6.45, 7) is 1.80. The Morgan fingerprint density at radius 1 is 1.56 bits per heavy atom. The zero-order valence-corrected chi connectivity index (χ0v) is 11.3. The lowest BCUT2D eigenvalue weighted by Gasteiger charge is -2.17. The van der Waals surface area contributed by atoms with Crippen LogP contribution in [0.15, 0.2) is 11.2 Å². The molecule has 0 amide bonds. The van der Waals surface area contributed by atoms with Gasteiger partial charge in [-0.3, -0.25) is 0 Å². The zero-order valence-electron chi connectivity index (χ0n) is 8.89. The van der Waals surface area contributed by atoms with Crippen LogP contribution in [-0.4, -0.2) is 35.4 Å². The van der Waals surface area contributed by atoms with Gasteiger partial charge in [-0.05, 0) is 12.7 Å². The van der Waals surface area contributed by atoms with Gasteiger partial charge in [0, 0.05) is 25.2 Å². The van der Waals surface area contributed by atoms with Crippen LogP contribution >= 0.6 is 35.8 Å². The van der Waals surface area contributed by atoms with Crippen LogP contribution in [0.3, 0.4) is 0 Å². The highest BCUT2D eigenvalue weighted by atomic mass is 35.5. The molecule has 0 saturated carbocycles. The summed E-state index contributed by atoms with van der Waals surface area (Å²) in [6, 6.07) is 2.04. The number of rotatable bonds is 2. The molecule has 16 heavy (non-hydrogen) atoms. The van der Waals surface area contributed by atoms with E-state index in [-0.39, 0.29) is 18.4 Å². The van der Waals surface area contributed by atoms with Crippen molar-refractivity contribution in [2.75, 3.05) is 24.2 Å². The molecule has 7 heteroatoms. The van der Waals surface area contributed by atoms with E-state index in [1.165, 1.54) is 11.8 Å². The second kappa shape index (κ2) is 5.91. The van der Waals surface area contributed by atoms with Crippen molar-refractivity contribution in [3.8, 4) is 0 Å². The minimum atomic E-state index is 0. The van der Waals surface area contributed by atoms with Gasteiger partial charge in [-0.25, -0.2) is 9.97 Å². The average Bonchev–Trinajstić information content (AvgIpc) is 2.64. The van der Waals surface area contributed by atoms with Crippen molar-refractivity contribution < 1.29 is 0 Å². The predicted octanol–water partition coefficient (Wildman–Crippen LogP) is 1.81. The maximum Gasteiger partial charge on any atom is 0.190 e. The van der Waals surface area contributed by atoms with E-state index in [0.29, 0.717) is 10.3 Å². The zero-order chi connectivity index (χ0) is 10.8. The first kappa shape index (κ1) is 13.8. The van der Waals surface area contributed by atoms with Crippen molar-refractivity contribution >= 4 is 41.6 Å². The van der Waals surface area contributed by atoms with Gasteiger partial charge in [-0.2, -0.15) is 0 Å². The summed E-state index contributed by atoms with van der Waals surface area (Å²) in [4.78, 5) is 10.7. The van der Waals surface area contributed by atoms with Crippen molar-refractivity contribution in [3.63, 3.8) is 0 Å². The van der Waals surface area contributed by atoms with E-state index in [0.717, 1.165) is 25.3 Å². The van der Waals surface area contributed by atoms with Crippen molar-refractivity contribution in [1.82, 2.24) is 9.97 Å². The Hall–Kier alpha value is -0.230. The number of hydrogen-bond acceptors (Lipinski definition) is 5. The summed E-state index contributed by atoms with van der Waals surface area (Å²) in [5.41, 5.74) is 5.85. The van der Waals surface area contributed by atoms with E-state index in [2.05, 4.69) is 14.9 Å². The third kappa shape index (κ3) is 3.13. The second-order valence-corrected chi connectivity index (χ2v) is 4.69. The molecule has 2 N–H and O–H groups in total. The van der Waals surface area contributed by atoms with Crippen LogP contribution in [0.1, 0.15) is 6.42 Å². The molecular formula is C9H14Cl2N4S. The van der Waals surface area contributed by atoms with E-state index in [1.54, 1.807) is 6.07 Å². The van der Waals surface area contributed by atoms with Gasteiger partial charge in [-0.1, -0.05) is 23.4 Å². The van der Waals surface area contributed by atoms with Gasteiger partial charge in [0.05, 0.1) is 0 Å². The van der Waals surface area contributed by atoms with Gasteiger partial charge in [-0.15, -0.1) is 12.4 Å². The molecule has 90 valence electrons. The molecule has 0 aliphatic carbocycles. The van der Waals surface area contributed by atoms with Gasteiger partial charge in [0.25, 0.3) is 0 Å². The van der Waals surface area contributed by atoms with Gasteiger partial charge >= 0.3 is 0 Å². The van der Waals surface area contributed by atoms with E-state index in [4.69, 9.17) is 17.3 Å². The first-order valence-corrected chi connectivity index (χ1v) is 6.38. The molecule has 1 fully saturated rings. The third-order valence-electron chi connectivity index (χ3n) is 2.39. The second-order valence-electron chi connectivity index (χ2n) is 3.53. The van der Waals surface area contributed by atoms with E-state index in [1.807, 2.05) is 6.26 Å². The normalized spacial score (nSPS) is 19.7. The fourth-order valence-corrected chi connectivity index (χ4v) is 2.24. The summed E-state index contributed by atoms with van der Waals surface area (Å²) >= 11 is 7.41. The number of nitrogens with zero attached hydrogens (tertiary/aromatic N) is 3. The largest absolute Gasteiger partial charge is 0.355 e. The molecule has 2 heterocycles. The van der Waals surface area contributed by atoms with Crippen LogP contribution in [0.5, 0.6) is 0 Å². The minimum absolute atomic E-state index is 0. The summed E-state index contributed by atoms with van der Waals surface area (Å²) < 4.78 is 0. The molecule has 1 atom stereocenters. The number of aromatic nitrogens is 2. The van der Waals surface area contributed by atoms with Crippen molar-refractivity contribution in [1.29, 1.82) is 0 Å². The molecule has 1 saturated heterocycles. The molecule has 1 unspecified atom stereocenters. The molecule has 1 aromatic heterocycles. The number of nitrogens with two attached hydrogens (primary N) is 1. The lowest BCUT2D eigenvalue weighted by atomic mass is 10.3. The highest BCUT2D eigenvalue weighted by molar-refractivity contribution is 7.98. The Morgan fingerprint density at radius 2 is 2.31 bits per heavy atom. The van der Waals surface area contributed by atoms with E-state index in [9.17, 15) is 0 Å². The van der Waals surface area contributed by atoms with Crippen LogP contribution in [0.4, 0.5) is 5.82 Å². The first-order chi connectivity index (χ1) is 7.19. The van der Waals surface area contributed by atoms with Crippen molar-refractivity contribution in [2.45, 2.75) is 17.6 Å². The van der Waals surface area contributed by atoms with Gasteiger partial charge in [0.2, 0.25) is 0 Å². The molecule has 1 aliphatic heterocycles. The van der Waals surface area contributed by atoms with Crippen LogP contribution < -0.4 is 10.6 Å². The summed E-state index contributed by atoms with van der Waals surface area (Å²) in [5, 5.41) is 1.20.